The van der Waals surface area contributed by atoms with Crippen LogP contribution in [0.1, 0.15) is 23.0 Å². The number of allylic oxidation sites excluding steroid dienone is 1. The van der Waals surface area contributed by atoms with Crippen LogP contribution in [0.3, 0.4) is 0 Å². The fourth-order valence-electron chi connectivity index (χ4n) is 3.10. The van der Waals surface area contributed by atoms with Gasteiger partial charge in [0.2, 0.25) is 0 Å². The summed E-state index contributed by atoms with van der Waals surface area (Å²) in [6, 6.07) is 5.21. The molecule has 1 aliphatic rings. The highest BCUT2D eigenvalue weighted by molar-refractivity contribution is 7.84. The third-order valence-electron chi connectivity index (χ3n) is 4.76. The van der Waals surface area contributed by atoms with Gasteiger partial charge in [0.15, 0.2) is 5.54 Å². The summed E-state index contributed by atoms with van der Waals surface area (Å²) >= 11 is 4.28. The highest BCUT2D eigenvalue weighted by Gasteiger charge is 2.48. The Morgan fingerprint density at radius 3 is 2.59 bits per heavy atom. The first-order valence-corrected chi connectivity index (χ1v) is 9.51. The van der Waals surface area contributed by atoms with Crippen LogP contribution in [0.4, 0.5) is 0 Å². The van der Waals surface area contributed by atoms with Crippen molar-refractivity contribution in [1.82, 2.24) is 10.2 Å². The summed E-state index contributed by atoms with van der Waals surface area (Å²) in [6.07, 6.45) is 0. The maximum absolute atomic E-state index is 13.1. The van der Waals surface area contributed by atoms with Crippen LogP contribution in [0.15, 0.2) is 33.2 Å². The number of aryl methyl sites for hydroxylation is 1. The summed E-state index contributed by atoms with van der Waals surface area (Å²) in [5.41, 5.74) is 6.12. The smallest absolute Gasteiger partial charge is 0.256 e. The second-order valence-corrected chi connectivity index (χ2v) is 7.88. The lowest BCUT2D eigenvalue weighted by molar-refractivity contribution is -0.155. The number of thiol groups is 1. The first-order chi connectivity index (χ1) is 13.6. The van der Waals surface area contributed by atoms with Gasteiger partial charge in [-0.2, -0.15) is 0 Å². The molecular weight excluding hydrogens is 394 g/mol. The SMILES string of the molecule is C/C(N)=C(/S)COc1ccc2oc(C)c(C(=O)NC3(C(=O)N(C)C)COC3)c2c1. The van der Waals surface area contributed by atoms with E-state index in [1.165, 1.54) is 4.90 Å². The molecule has 9 heteroatoms. The van der Waals surface area contributed by atoms with Crippen molar-refractivity contribution in [2.24, 2.45) is 5.73 Å². The average Bonchev–Trinajstić information content (AvgIpc) is 2.96. The van der Waals surface area contributed by atoms with Crippen LogP contribution in [0, 0.1) is 6.92 Å². The molecule has 0 unspecified atom stereocenters. The first-order valence-electron chi connectivity index (χ1n) is 9.07. The molecule has 3 rings (SSSR count). The maximum Gasteiger partial charge on any atom is 0.256 e. The number of hydrogen-bond acceptors (Lipinski definition) is 7. The van der Waals surface area contributed by atoms with Crippen molar-refractivity contribution >= 4 is 35.4 Å². The van der Waals surface area contributed by atoms with Crippen molar-refractivity contribution in [1.29, 1.82) is 0 Å². The number of hydrogen-bond donors (Lipinski definition) is 3. The number of benzene rings is 1. The minimum Gasteiger partial charge on any atom is -0.488 e. The fraction of sp³-hybridized carbons (Fsp3) is 0.400. The second-order valence-electron chi connectivity index (χ2n) is 7.34. The Bertz CT molecular complexity index is 987. The Hall–Kier alpha value is -2.65. The Balaban J connectivity index is 1.89. The van der Waals surface area contributed by atoms with Crippen LogP contribution in [0.25, 0.3) is 11.0 Å². The minimum atomic E-state index is -1.06. The van der Waals surface area contributed by atoms with Crippen molar-refractivity contribution in [3.05, 3.63) is 40.1 Å². The molecule has 3 N–H and O–H groups in total. The van der Waals surface area contributed by atoms with Crippen molar-refractivity contribution in [3.8, 4) is 5.75 Å². The van der Waals surface area contributed by atoms with Crippen LogP contribution in [0.2, 0.25) is 0 Å². The van der Waals surface area contributed by atoms with Gasteiger partial charge in [-0.15, -0.1) is 12.6 Å². The van der Waals surface area contributed by atoms with Crippen LogP contribution in [-0.2, 0) is 9.53 Å². The highest BCUT2D eigenvalue weighted by Crippen LogP contribution is 2.30. The number of ether oxygens (including phenoxy) is 2. The molecule has 1 saturated heterocycles. The van der Waals surface area contributed by atoms with Gasteiger partial charge in [-0.3, -0.25) is 9.59 Å². The Morgan fingerprint density at radius 2 is 2.03 bits per heavy atom. The van der Waals surface area contributed by atoms with E-state index < -0.39 is 11.4 Å². The van der Waals surface area contributed by atoms with E-state index in [4.69, 9.17) is 19.6 Å². The fourth-order valence-corrected chi connectivity index (χ4v) is 3.16. The van der Waals surface area contributed by atoms with E-state index in [-0.39, 0.29) is 25.7 Å². The summed E-state index contributed by atoms with van der Waals surface area (Å²) in [5.74, 6) is 0.391. The van der Waals surface area contributed by atoms with Gasteiger partial charge in [0.05, 0.1) is 18.8 Å². The molecule has 1 aliphatic heterocycles. The van der Waals surface area contributed by atoms with Crippen LogP contribution < -0.4 is 15.8 Å². The number of fused-ring (bicyclic) bond motifs is 1. The monoisotopic (exact) mass is 419 g/mol. The molecule has 0 spiro atoms. The number of nitrogens with zero attached hydrogens (tertiary/aromatic N) is 1. The van der Waals surface area contributed by atoms with E-state index >= 15 is 0 Å². The third-order valence-corrected chi connectivity index (χ3v) is 5.24. The molecule has 0 saturated carbocycles. The molecular formula is C20H25N3O5S. The van der Waals surface area contributed by atoms with Gasteiger partial charge in [0.1, 0.15) is 23.7 Å². The molecule has 2 aromatic rings. The Labute approximate surface area is 174 Å². The highest BCUT2D eigenvalue weighted by atomic mass is 32.1. The molecule has 0 atom stereocenters. The molecule has 0 aliphatic carbocycles. The van der Waals surface area contributed by atoms with E-state index in [0.717, 1.165) is 0 Å². The van der Waals surface area contributed by atoms with Crippen LogP contribution in [0.5, 0.6) is 5.75 Å². The molecule has 156 valence electrons. The minimum absolute atomic E-state index is 0.133. The number of furan rings is 1. The third kappa shape index (κ3) is 4.06. The Morgan fingerprint density at radius 1 is 1.34 bits per heavy atom. The summed E-state index contributed by atoms with van der Waals surface area (Å²) in [6.45, 7) is 3.93. The van der Waals surface area contributed by atoms with Crippen molar-refractivity contribution in [2.45, 2.75) is 19.4 Å². The summed E-state index contributed by atoms with van der Waals surface area (Å²) < 4.78 is 16.7. The van der Waals surface area contributed by atoms with Gasteiger partial charge < -0.3 is 29.8 Å². The van der Waals surface area contributed by atoms with E-state index in [1.54, 1.807) is 46.1 Å². The molecule has 1 fully saturated rings. The average molecular weight is 420 g/mol. The van der Waals surface area contributed by atoms with E-state index in [9.17, 15) is 9.59 Å². The number of nitrogens with two attached hydrogens (primary N) is 1. The summed E-state index contributed by atoms with van der Waals surface area (Å²) in [4.78, 5) is 27.7. The topological polar surface area (TPSA) is 107 Å². The lowest BCUT2D eigenvalue weighted by atomic mass is 9.94. The summed E-state index contributed by atoms with van der Waals surface area (Å²) in [7, 11) is 3.29. The first kappa shape index (κ1) is 21.1. The molecule has 2 heterocycles. The quantitative estimate of drug-likeness (QED) is 0.617. The molecule has 29 heavy (non-hydrogen) atoms. The number of nitrogens with one attached hydrogen (secondary N) is 1. The van der Waals surface area contributed by atoms with Gasteiger partial charge in [-0.25, -0.2) is 0 Å². The normalized spacial score (nSPS) is 16.0. The lowest BCUT2D eigenvalue weighted by Gasteiger charge is -2.41. The molecule has 1 aromatic heterocycles. The van der Waals surface area contributed by atoms with Gasteiger partial charge in [0, 0.05) is 30.1 Å². The predicted octanol–water partition coefficient (Wildman–Crippen LogP) is 1.83. The van der Waals surface area contributed by atoms with Crippen LogP contribution in [-0.4, -0.2) is 56.2 Å². The zero-order valence-electron chi connectivity index (χ0n) is 16.9. The van der Waals surface area contributed by atoms with Crippen LogP contribution >= 0.6 is 12.6 Å². The molecule has 1 aromatic carbocycles. The molecule has 0 bridgehead atoms. The maximum atomic E-state index is 13.1. The number of carbonyl (C=O) groups is 2. The Kier molecular flexibility index (Phi) is 5.81. The van der Waals surface area contributed by atoms with E-state index in [2.05, 4.69) is 17.9 Å². The number of likely N-dealkylation sites (N-methyl/N-ethyl adjacent to an activating group) is 1. The molecule has 0 radical (unpaired) electrons. The van der Waals surface area contributed by atoms with E-state index in [1.807, 2.05) is 0 Å². The van der Waals surface area contributed by atoms with Gasteiger partial charge in [-0.05, 0) is 32.0 Å². The predicted molar refractivity (Wildman–Crippen MR) is 112 cm³/mol. The van der Waals surface area contributed by atoms with Gasteiger partial charge in [0.25, 0.3) is 11.8 Å². The molecule has 8 nitrogen and oxygen atoms in total. The zero-order chi connectivity index (χ0) is 21.3. The summed E-state index contributed by atoms with van der Waals surface area (Å²) in [5, 5.41) is 3.44. The van der Waals surface area contributed by atoms with Crippen molar-refractivity contribution in [3.63, 3.8) is 0 Å². The van der Waals surface area contributed by atoms with Gasteiger partial charge in [-0.1, -0.05) is 0 Å². The zero-order valence-corrected chi connectivity index (χ0v) is 17.8. The second kappa shape index (κ2) is 8.00. The number of rotatable bonds is 6. The lowest BCUT2D eigenvalue weighted by Crippen LogP contribution is -2.69. The van der Waals surface area contributed by atoms with Gasteiger partial charge >= 0.3 is 0 Å². The number of amides is 2. The standard InChI is InChI=1S/C20H25N3O5S/c1-11(21)16(29)8-27-13-5-6-15-14(7-13)17(12(2)28-15)18(24)22-20(9-26-10-20)19(25)23(3)4/h5-7,29H,8-10,21H2,1-4H3,(H,22,24)/b16-11-. The van der Waals surface area contributed by atoms with E-state index in [0.29, 0.717) is 38.6 Å². The number of carbonyl (C=O) groups excluding carboxylic acids is 2. The molecule has 2 amide bonds. The van der Waals surface area contributed by atoms with Crippen molar-refractivity contribution in [2.75, 3.05) is 33.9 Å². The largest absolute Gasteiger partial charge is 0.488 e. The van der Waals surface area contributed by atoms with Crippen molar-refractivity contribution < 1.29 is 23.5 Å².